The average Bonchev–Trinajstić information content (AvgIpc) is 2.94. The van der Waals surface area contributed by atoms with Crippen LogP contribution in [-0.2, 0) is 9.53 Å². The molecule has 0 amide bonds. The fourth-order valence-electron chi connectivity index (χ4n) is 5.27. The molecule has 1 rings (SSSR count). The number of carbonyl (C=O) groups is 1. The maximum absolute atomic E-state index is 13.1. The smallest absolute Gasteiger partial charge is 0.314 e. The molecule has 0 saturated heterocycles. The van der Waals surface area contributed by atoms with Crippen molar-refractivity contribution in [3.05, 3.63) is 60.3 Å². The van der Waals surface area contributed by atoms with E-state index < -0.39 is 72.9 Å². The molecular formula is C35H58O11. The summed E-state index contributed by atoms with van der Waals surface area (Å²) in [6, 6.07) is 0. The monoisotopic (exact) mass is 654 g/mol. The Hall–Kier alpha value is -2.19. The van der Waals surface area contributed by atoms with Crippen LogP contribution < -0.4 is 0 Å². The van der Waals surface area contributed by atoms with Crippen molar-refractivity contribution in [1.29, 1.82) is 0 Å². The highest BCUT2D eigenvalue weighted by Crippen LogP contribution is 2.24. The molecule has 0 aliphatic carbocycles. The minimum absolute atomic E-state index is 0.0162. The molecule has 0 aromatic carbocycles. The van der Waals surface area contributed by atoms with Crippen molar-refractivity contribution in [2.24, 2.45) is 5.92 Å². The van der Waals surface area contributed by atoms with Gasteiger partial charge in [0.05, 0.1) is 48.8 Å². The maximum atomic E-state index is 13.1. The molecule has 0 fully saturated rings. The second-order valence-corrected chi connectivity index (χ2v) is 12.4. The normalized spacial score (nSPS) is 38.6. The molecule has 11 unspecified atom stereocenters. The quantitative estimate of drug-likeness (QED) is 0.154. The Morgan fingerprint density at radius 2 is 1.20 bits per heavy atom. The van der Waals surface area contributed by atoms with Crippen LogP contribution in [0.4, 0.5) is 0 Å². The van der Waals surface area contributed by atoms with Gasteiger partial charge in [-0.15, -0.1) is 0 Å². The lowest BCUT2D eigenvalue weighted by Crippen LogP contribution is -2.43. The van der Waals surface area contributed by atoms with Crippen molar-refractivity contribution in [2.45, 2.75) is 146 Å². The largest absolute Gasteiger partial charge is 0.459 e. The van der Waals surface area contributed by atoms with Gasteiger partial charge in [-0.05, 0) is 51.5 Å². The number of carbonyl (C=O) groups excluding carboxylic acids is 1. The van der Waals surface area contributed by atoms with Gasteiger partial charge in [-0.2, -0.15) is 0 Å². The summed E-state index contributed by atoms with van der Waals surface area (Å²) >= 11 is 0. The van der Waals surface area contributed by atoms with E-state index in [1.54, 1.807) is 55.5 Å². The molecule has 1 aliphatic rings. The first-order chi connectivity index (χ1) is 21.7. The van der Waals surface area contributed by atoms with Gasteiger partial charge in [0.1, 0.15) is 18.1 Å². The zero-order valence-electron chi connectivity index (χ0n) is 27.5. The molecule has 0 spiro atoms. The summed E-state index contributed by atoms with van der Waals surface area (Å²) in [5.74, 6) is -2.33. The van der Waals surface area contributed by atoms with Crippen LogP contribution in [0.3, 0.4) is 0 Å². The fourth-order valence-corrected chi connectivity index (χ4v) is 5.27. The summed E-state index contributed by atoms with van der Waals surface area (Å²) in [5, 5.41) is 94.8. The maximum Gasteiger partial charge on any atom is 0.314 e. The summed E-state index contributed by atoms with van der Waals surface area (Å²) in [6.07, 6.45) is 4.69. The topological polar surface area (TPSA) is 208 Å². The van der Waals surface area contributed by atoms with Gasteiger partial charge in [-0.3, -0.25) is 4.79 Å². The second-order valence-electron chi connectivity index (χ2n) is 12.4. The highest BCUT2D eigenvalue weighted by Gasteiger charge is 2.37. The Bertz CT molecular complexity index is 991. The van der Waals surface area contributed by atoms with Gasteiger partial charge >= 0.3 is 5.97 Å². The van der Waals surface area contributed by atoms with E-state index in [0.717, 1.165) is 12.8 Å². The third kappa shape index (κ3) is 17.7. The van der Waals surface area contributed by atoms with Crippen molar-refractivity contribution >= 4 is 5.97 Å². The molecule has 0 bridgehead atoms. The van der Waals surface area contributed by atoms with E-state index in [-0.39, 0.29) is 44.9 Å². The molecule has 11 atom stereocenters. The van der Waals surface area contributed by atoms with Gasteiger partial charge in [0.25, 0.3) is 0 Å². The molecule has 11 nitrogen and oxygen atoms in total. The van der Waals surface area contributed by atoms with E-state index in [1.807, 2.05) is 6.92 Å². The minimum Gasteiger partial charge on any atom is -0.459 e. The number of allylic oxidation sites excluding steroid dienone is 8. The first-order valence-electron chi connectivity index (χ1n) is 16.4. The van der Waals surface area contributed by atoms with Crippen molar-refractivity contribution in [3.63, 3.8) is 0 Å². The Morgan fingerprint density at radius 3 is 1.74 bits per heavy atom. The number of hydrogen-bond acceptors (Lipinski definition) is 11. The highest BCUT2D eigenvalue weighted by atomic mass is 16.6. The van der Waals surface area contributed by atoms with E-state index in [4.69, 9.17) is 4.74 Å². The fraction of sp³-hybridized carbons (Fsp3) is 0.686. The first-order valence-corrected chi connectivity index (χ1v) is 16.4. The molecule has 9 N–H and O–H groups in total. The SMILES string of the molecule is CCCCCC(O)C1C(=O)OC(C)C(O)/C=C/C=C/C=C/C=C/C=C(\C)C(O)CC(O)CC(O)CC(O)CC(O)CC(O)CC1O. The van der Waals surface area contributed by atoms with Crippen LogP contribution in [0.15, 0.2) is 60.3 Å². The zero-order chi connectivity index (χ0) is 34.6. The number of rotatable bonds is 5. The molecule has 0 radical (unpaired) electrons. The first kappa shape index (κ1) is 41.8. The van der Waals surface area contributed by atoms with E-state index in [1.165, 1.54) is 13.0 Å². The lowest BCUT2D eigenvalue weighted by Gasteiger charge is -2.29. The van der Waals surface area contributed by atoms with Crippen molar-refractivity contribution in [3.8, 4) is 0 Å². The molecule has 0 saturated carbocycles. The predicted molar refractivity (Wildman–Crippen MR) is 175 cm³/mol. The third-order valence-electron chi connectivity index (χ3n) is 8.03. The van der Waals surface area contributed by atoms with Gasteiger partial charge in [-0.1, -0.05) is 80.9 Å². The van der Waals surface area contributed by atoms with Gasteiger partial charge < -0.3 is 50.7 Å². The lowest BCUT2D eigenvalue weighted by molar-refractivity contribution is -0.168. The summed E-state index contributed by atoms with van der Waals surface area (Å²) < 4.78 is 5.42. The number of hydrogen-bond donors (Lipinski definition) is 9. The van der Waals surface area contributed by atoms with E-state index in [9.17, 15) is 50.8 Å². The number of esters is 1. The van der Waals surface area contributed by atoms with E-state index >= 15 is 0 Å². The minimum atomic E-state index is -1.52. The van der Waals surface area contributed by atoms with Gasteiger partial charge in [0, 0.05) is 12.8 Å². The number of unbranched alkanes of at least 4 members (excludes halogenated alkanes) is 2. The van der Waals surface area contributed by atoms with Gasteiger partial charge in [0.2, 0.25) is 0 Å². The van der Waals surface area contributed by atoms with Crippen LogP contribution in [0.5, 0.6) is 0 Å². The van der Waals surface area contributed by atoms with E-state index in [2.05, 4.69) is 0 Å². The molecular weight excluding hydrogens is 596 g/mol. The van der Waals surface area contributed by atoms with Crippen LogP contribution in [0, 0.1) is 5.92 Å². The van der Waals surface area contributed by atoms with Crippen LogP contribution >= 0.6 is 0 Å². The number of ether oxygens (including phenoxy) is 1. The Labute approximate surface area is 273 Å². The Morgan fingerprint density at radius 1 is 0.717 bits per heavy atom. The second kappa shape index (κ2) is 23.2. The van der Waals surface area contributed by atoms with Crippen LogP contribution in [-0.4, -0.2) is 113 Å². The molecule has 0 aromatic rings. The lowest BCUT2D eigenvalue weighted by atomic mass is 9.87. The average molecular weight is 655 g/mol. The molecule has 1 heterocycles. The van der Waals surface area contributed by atoms with Crippen molar-refractivity contribution in [2.75, 3.05) is 0 Å². The highest BCUT2D eigenvalue weighted by molar-refractivity contribution is 5.74. The molecule has 264 valence electrons. The van der Waals surface area contributed by atoms with Gasteiger partial charge in [0.15, 0.2) is 0 Å². The van der Waals surface area contributed by atoms with Crippen LogP contribution in [0.1, 0.15) is 85.0 Å². The van der Waals surface area contributed by atoms with Crippen LogP contribution in [0.25, 0.3) is 0 Å². The molecule has 1 aliphatic heterocycles. The van der Waals surface area contributed by atoms with Gasteiger partial charge in [-0.25, -0.2) is 0 Å². The molecule has 46 heavy (non-hydrogen) atoms. The number of aliphatic hydroxyl groups excluding tert-OH is 9. The Kier molecular flexibility index (Phi) is 21.1. The number of cyclic esters (lactones) is 1. The molecule has 0 aromatic heterocycles. The summed E-state index contributed by atoms with van der Waals surface area (Å²) in [4.78, 5) is 13.1. The predicted octanol–water partition coefficient (Wildman–Crippen LogP) is 1.89. The van der Waals surface area contributed by atoms with E-state index in [0.29, 0.717) is 12.0 Å². The summed E-state index contributed by atoms with van der Waals surface area (Å²) in [5.41, 5.74) is 0.609. The zero-order valence-corrected chi connectivity index (χ0v) is 27.5. The summed E-state index contributed by atoms with van der Waals surface area (Å²) in [7, 11) is 0. The Balaban J connectivity index is 3.14. The molecule has 11 heteroatoms. The van der Waals surface area contributed by atoms with Crippen molar-refractivity contribution < 1.29 is 55.5 Å². The standard InChI is InChI=1S/C35H58O11/c1-4-5-11-16-31(42)34-33(44)22-29(40)20-27(38)18-25(36)17-26(37)19-28(39)21-32(43)23(2)14-12-9-7-6-8-10-13-15-30(41)24(3)46-35(34)45/h6-10,12-15,24-34,36-44H,4-5,11,16-22H2,1-3H3/b7-6+,10-8+,12-9+,15-13+,23-14+. The van der Waals surface area contributed by atoms with Crippen molar-refractivity contribution in [1.82, 2.24) is 0 Å². The number of aliphatic hydroxyl groups is 9. The van der Waals surface area contributed by atoms with Crippen LogP contribution in [0.2, 0.25) is 0 Å². The third-order valence-corrected chi connectivity index (χ3v) is 8.03. The summed E-state index contributed by atoms with van der Waals surface area (Å²) in [6.45, 7) is 5.18.